The Labute approximate surface area is 212 Å². The lowest BCUT2D eigenvalue weighted by atomic mass is 9.79. The lowest BCUT2D eigenvalue weighted by Crippen LogP contribution is -2.55. The zero-order chi connectivity index (χ0) is 25.7. The molecule has 3 unspecified atom stereocenters. The molecule has 0 bridgehead atoms. The van der Waals surface area contributed by atoms with Crippen LogP contribution in [0.4, 0.5) is 0 Å². The summed E-state index contributed by atoms with van der Waals surface area (Å²) in [5.41, 5.74) is 1.25. The Kier molecular flexibility index (Phi) is 8.26. The van der Waals surface area contributed by atoms with E-state index < -0.39 is 12.1 Å². The molecule has 2 aromatic rings. The molecule has 8 nitrogen and oxygen atoms in total. The second-order valence-electron chi connectivity index (χ2n) is 10.8. The van der Waals surface area contributed by atoms with Crippen LogP contribution in [0.2, 0.25) is 0 Å². The molecule has 0 spiro atoms. The number of benzene rings is 1. The zero-order valence-electron chi connectivity index (χ0n) is 21.4. The van der Waals surface area contributed by atoms with Crippen LogP contribution in [0.25, 0.3) is 0 Å². The van der Waals surface area contributed by atoms with Gasteiger partial charge in [-0.3, -0.25) is 14.4 Å². The van der Waals surface area contributed by atoms with Crippen molar-refractivity contribution in [1.29, 1.82) is 0 Å². The standard InChI is InChI=1S/C28H37N3O5/c1-19-21(11-14-35-19)26(33)29-22(16-28(2,3)15-20-9-5-4-6-10-20)27(34)30-25-23(32)18-36-24(25)17-31-12-7-8-13-31/h4-6,9-11,14,22,24-25H,7-8,12-13,15-18H2,1-3H3,(H,29,33)(H,30,34). The van der Waals surface area contributed by atoms with Crippen molar-refractivity contribution in [3.63, 3.8) is 0 Å². The SMILES string of the molecule is Cc1occc1C(=O)NC(CC(C)(C)Cc1ccccc1)C(=O)NC1C(=O)COC1CN1CCCC1. The number of amides is 2. The number of furan rings is 1. The second-order valence-corrected chi connectivity index (χ2v) is 10.8. The molecule has 2 aliphatic heterocycles. The molecule has 1 aromatic carbocycles. The Morgan fingerprint density at radius 2 is 1.86 bits per heavy atom. The number of ether oxygens (including phenoxy) is 1. The Morgan fingerprint density at radius 3 is 2.53 bits per heavy atom. The number of aryl methyl sites for hydroxylation is 1. The number of carbonyl (C=O) groups excluding carboxylic acids is 3. The molecular weight excluding hydrogens is 458 g/mol. The van der Waals surface area contributed by atoms with Crippen LogP contribution < -0.4 is 10.6 Å². The maximum atomic E-state index is 13.6. The lowest BCUT2D eigenvalue weighted by molar-refractivity contribution is -0.128. The number of hydrogen-bond acceptors (Lipinski definition) is 6. The van der Waals surface area contributed by atoms with Gasteiger partial charge in [-0.1, -0.05) is 44.2 Å². The highest BCUT2D eigenvalue weighted by Crippen LogP contribution is 2.28. The number of rotatable bonds is 10. The third-order valence-electron chi connectivity index (χ3n) is 7.10. The van der Waals surface area contributed by atoms with Crippen molar-refractivity contribution in [3.8, 4) is 0 Å². The Hall–Kier alpha value is -2.97. The molecule has 2 saturated heterocycles. The third-order valence-corrected chi connectivity index (χ3v) is 7.10. The molecule has 194 valence electrons. The minimum Gasteiger partial charge on any atom is -0.469 e. The van der Waals surface area contributed by atoms with Crippen molar-refractivity contribution in [2.75, 3.05) is 26.2 Å². The number of hydrogen-bond donors (Lipinski definition) is 2. The van der Waals surface area contributed by atoms with E-state index in [1.807, 2.05) is 18.2 Å². The third kappa shape index (κ3) is 6.62. The summed E-state index contributed by atoms with van der Waals surface area (Å²) in [4.78, 5) is 41.5. The van der Waals surface area contributed by atoms with E-state index in [9.17, 15) is 14.4 Å². The summed E-state index contributed by atoms with van der Waals surface area (Å²) in [7, 11) is 0. The second kappa shape index (κ2) is 11.4. The normalized spacial score (nSPS) is 21.5. The molecular formula is C28H37N3O5. The molecule has 36 heavy (non-hydrogen) atoms. The lowest BCUT2D eigenvalue weighted by Gasteiger charge is -2.31. The average Bonchev–Trinajstić information content (AvgIpc) is 3.57. The molecule has 0 radical (unpaired) electrons. The topological polar surface area (TPSA) is 101 Å². The zero-order valence-corrected chi connectivity index (χ0v) is 21.4. The fourth-order valence-corrected chi connectivity index (χ4v) is 5.23. The summed E-state index contributed by atoms with van der Waals surface area (Å²) in [5, 5.41) is 5.83. The summed E-state index contributed by atoms with van der Waals surface area (Å²) in [6, 6.07) is 10.1. The van der Waals surface area contributed by atoms with Crippen molar-refractivity contribution < 1.29 is 23.5 Å². The maximum absolute atomic E-state index is 13.6. The van der Waals surface area contributed by atoms with Crippen LogP contribution in [0.1, 0.15) is 54.8 Å². The molecule has 0 saturated carbocycles. The van der Waals surface area contributed by atoms with Crippen molar-refractivity contribution in [3.05, 3.63) is 59.5 Å². The van der Waals surface area contributed by atoms with Crippen LogP contribution in [0.15, 0.2) is 47.1 Å². The van der Waals surface area contributed by atoms with Crippen LogP contribution in [-0.4, -0.2) is 66.9 Å². The van der Waals surface area contributed by atoms with Gasteiger partial charge in [-0.2, -0.15) is 0 Å². The molecule has 3 atom stereocenters. The monoisotopic (exact) mass is 495 g/mol. The van der Waals surface area contributed by atoms with Gasteiger partial charge < -0.3 is 24.7 Å². The van der Waals surface area contributed by atoms with Crippen molar-refractivity contribution in [2.45, 2.75) is 64.6 Å². The van der Waals surface area contributed by atoms with E-state index in [1.54, 1.807) is 13.0 Å². The fourth-order valence-electron chi connectivity index (χ4n) is 5.23. The number of nitrogens with zero attached hydrogens (tertiary/aromatic N) is 1. The minimum atomic E-state index is -0.827. The first-order chi connectivity index (χ1) is 17.2. The first kappa shape index (κ1) is 26.1. The van der Waals surface area contributed by atoms with E-state index in [1.165, 1.54) is 6.26 Å². The highest BCUT2D eigenvalue weighted by molar-refractivity contribution is 5.99. The van der Waals surface area contributed by atoms with Crippen molar-refractivity contribution >= 4 is 17.6 Å². The molecule has 4 rings (SSSR count). The molecule has 3 heterocycles. The van der Waals surface area contributed by atoms with Crippen LogP contribution in [0, 0.1) is 12.3 Å². The smallest absolute Gasteiger partial charge is 0.255 e. The fraction of sp³-hybridized carbons (Fsp3) is 0.536. The van der Waals surface area contributed by atoms with Gasteiger partial charge in [0.25, 0.3) is 5.91 Å². The van der Waals surface area contributed by atoms with Crippen LogP contribution in [-0.2, 0) is 20.7 Å². The van der Waals surface area contributed by atoms with E-state index in [-0.39, 0.29) is 35.7 Å². The molecule has 2 N–H and O–H groups in total. The minimum absolute atomic E-state index is 0.00576. The molecule has 2 aliphatic rings. The van der Waals surface area contributed by atoms with Crippen LogP contribution in [0.3, 0.4) is 0 Å². The highest BCUT2D eigenvalue weighted by Gasteiger charge is 2.40. The Bertz CT molecular complexity index is 1060. The quantitative estimate of drug-likeness (QED) is 0.526. The van der Waals surface area contributed by atoms with Crippen molar-refractivity contribution in [1.82, 2.24) is 15.5 Å². The van der Waals surface area contributed by atoms with Gasteiger partial charge in [0.1, 0.15) is 24.5 Å². The van der Waals surface area contributed by atoms with E-state index in [4.69, 9.17) is 9.15 Å². The molecule has 2 amide bonds. The number of Topliss-reactive ketones (excluding diaryl/α,β-unsaturated/α-hetero) is 1. The summed E-state index contributed by atoms with van der Waals surface area (Å²) < 4.78 is 11.0. The summed E-state index contributed by atoms with van der Waals surface area (Å²) in [6.07, 6.45) is 4.47. The molecule has 2 fully saturated rings. The van der Waals surface area contributed by atoms with E-state index in [0.717, 1.165) is 37.9 Å². The van der Waals surface area contributed by atoms with Gasteiger partial charge in [0.2, 0.25) is 5.91 Å². The van der Waals surface area contributed by atoms with E-state index >= 15 is 0 Å². The number of likely N-dealkylation sites (tertiary alicyclic amines) is 1. The molecule has 8 heteroatoms. The van der Waals surface area contributed by atoms with Crippen LogP contribution in [0.5, 0.6) is 0 Å². The van der Waals surface area contributed by atoms with Gasteiger partial charge in [0.15, 0.2) is 5.78 Å². The first-order valence-electron chi connectivity index (χ1n) is 12.8. The van der Waals surface area contributed by atoms with Gasteiger partial charge in [0.05, 0.1) is 17.9 Å². The van der Waals surface area contributed by atoms with Gasteiger partial charge in [-0.25, -0.2) is 0 Å². The van der Waals surface area contributed by atoms with Crippen molar-refractivity contribution in [2.24, 2.45) is 5.41 Å². The summed E-state index contributed by atoms with van der Waals surface area (Å²) in [6.45, 7) is 8.43. The molecule has 1 aromatic heterocycles. The Morgan fingerprint density at radius 1 is 1.14 bits per heavy atom. The first-order valence-corrected chi connectivity index (χ1v) is 12.8. The Balaban J connectivity index is 1.49. The van der Waals surface area contributed by atoms with Crippen LogP contribution >= 0.6 is 0 Å². The van der Waals surface area contributed by atoms with E-state index in [0.29, 0.717) is 24.3 Å². The number of ketones is 1. The summed E-state index contributed by atoms with van der Waals surface area (Å²) in [5.74, 6) is -0.396. The summed E-state index contributed by atoms with van der Waals surface area (Å²) >= 11 is 0. The predicted octanol–water partition coefficient (Wildman–Crippen LogP) is 2.89. The van der Waals surface area contributed by atoms with Gasteiger partial charge >= 0.3 is 0 Å². The maximum Gasteiger partial charge on any atom is 0.255 e. The van der Waals surface area contributed by atoms with Gasteiger partial charge in [-0.05, 0) is 62.7 Å². The highest BCUT2D eigenvalue weighted by atomic mass is 16.5. The average molecular weight is 496 g/mol. The number of carbonyl (C=O) groups is 3. The van der Waals surface area contributed by atoms with Gasteiger partial charge in [-0.15, -0.1) is 0 Å². The predicted molar refractivity (Wildman–Crippen MR) is 136 cm³/mol. The molecule has 0 aliphatic carbocycles. The number of nitrogens with one attached hydrogen (secondary N) is 2. The van der Waals surface area contributed by atoms with Gasteiger partial charge in [0, 0.05) is 6.54 Å². The largest absolute Gasteiger partial charge is 0.469 e. The van der Waals surface area contributed by atoms with E-state index in [2.05, 4.69) is 41.5 Å².